The van der Waals surface area contributed by atoms with Crippen LogP contribution in [0.25, 0.3) is 0 Å². The zero-order chi connectivity index (χ0) is 22.9. The van der Waals surface area contributed by atoms with Gasteiger partial charge in [0.1, 0.15) is 11.9 Å². The first-order valence-electron chi connectivity index (χ1n) is 10.2. The molecule has 0 spiro atoms. The number of sulfonamides is 1. The number of halogens is 1. The van der Waals surface area contributed by atoms with E-state index in [0.29, 0.717) is 25.2 Å². The fourth-order valence-electron chi connectivity index (χ4n) is 3.68. The van der Waals surface area contributed by atoms with Gasteiger partial charge in [-0.25, -0.2) is 12.8 Å². The molecule has 1 aliphatic rings. The Morgan fingerprint density at radius 1 is 1.16 bits per heavy atom. The molecule has 2 aromatic carbocycles. The molecule has 1 amide bonds. The Labute approximate surface area is 185 Å². The molecule has 1 saturated heterocycles. The summed E-state index contributed by atoms with van der Waals surface area (Å²) in [7, 11) is -3.95. The Morgan fingerprint density at radius 3 is 2.62 bits per heavy atom. The van der Waals surface area contributed by atoms with Gasteiger partial charge in [-0.3, -0.25) is 10.1 Å². The third-order valence-electron chi connectivity index (χ3n) is 5.55. The number of nitrogens with zero attached hydrogens (tertiary/aromatic N) is 3. The van der Waals surface area contributed by atoms with Crippen molar-refractivity contribution in [1.82, 2.24) is 14.5 Å². The van der Waals surface area contributed by atoms with E-state index in [1.807, 2.05) is 32.0 Å². The molecule has 1 fully saturated rings. The summed E-state index contributed by atoms with van der Waals surface area (Å²) in [5, 5.41) is 10.4. The zero-order valence-electron chi connectivity index (χ0n) is 17.7. The number of aryl methyl sites for hydroxylation is 2. The van der Waals surface area contributed by atoms with Crippen molar-refractivity contribution in [2.24, 2.45) is 0 Å². The fraction of sp³-hybridized carbons (Fsp3) is 0.318. The normalized spacial score (nSPS) is 16.9. The maximum Gasteiger partial charge on any atom is 0.322 e. The molecule has 1 aliphatic heterocycles. The lowest BCUT2D eigenvalue weighted by Gasteiger charge is -2.22. The van der Waals surface area contributed by atoms with Crippen molar-refractivity contribution in [2.75, 3.05) is 11.9 Å². The predicted octanol–water partition coefficient (Wildman–Crippen LogP) is 3.21. The number of rotatable bonds is 6. The molecular formula is C22H23FN4O4S. The maximum absolute atomic E-state index is 13.2. The lowest BCUT2D eigenvalue weighted by Crippen LogP contribution is -2.43. The molecule has 1 atom stereocenters. The van der Waals surface area contributed by atoms with Crippen LogP contribution >= 0.6 is 0 Å². The summed E-state index contributed by atoms with van der Waals surface area (Å²) in [6.07, 6.45) is 1.30. The summed E-state index contributed by atoms with van der Waals surface area (Å²) in [6.45, 7) is 4.24. The summed E-state index contributed by atoms with van der Waals surface area (Å²) in [6, 6.07) is 9.56. The van der Waals surface area contributed by atoms with Crippen LogP contribution in [-0.2, 0) is 21.2 Å². The lowest BCUT2D eigenvalue weighted by atomic mass is 10.0. The Morgan fingerprint density at radius 2 is 1.91 bits per heavy atom. The second kappa shape index (κ2) is 8.79. The van der Waals surface area contributed by atoms with E-state index in [1.165, 1.54) is 17.7 Å². The van der Waals surface area contributed by atoms with Gasteiger partial charge in [0.15, 0.2) is 0 Å². The van der Waals surface area contributed by atoms with Gasteiger partial charge in [-0.15, -0.1) is 5.10 Å². The van der Waals surface area contributed by atoms with Crippen molar-refractivity contribution in [3.8, 4) is 0 Å². The highest BCUT2D eigenvalue weighted by Gasteiger charge is 2.39. The van der Waals surface area contributed by atoms with E-state index in [1.54, 1.807) is 0 Å². The summed E-state index contributed by atoms with van der Waals surface area (Å²) >= 11 is 0. The summed E-state index contributed by atoms with van der Waals surface area (Å²) in [4.78, 5) is 12.7. The van der Waals surface area contributed by atoms with Gasteiger partial charge < -0.3 is 4.42 Å². The van der Waals surface area contributed by atoms with E-state index in [2.05, 4.69) is 15.5 Å². The first kappa shape index (κ1) is 22.1. The fourth-order valence-corrected chi connectivity index (χ4v) is 5.34. The molecule has 1 N–H and O–H groups in total. The van der Waals surface area contributed by atoms with Crippen LogP contribution < -0.4 is 5.32 Å². The summed E-state index contributed by atoms with van der Waals surface area (Å²) in [5.41, 5.74) is 3.34. The van der Waals surface area contributed by atoms with E-state index in [0.717, 1.165) is 27.6 Å². The number of amides is 1. The number of aromatic nitrogens is 2. The Kier molecular flexibility index (Phi) is 6.07. The van der Waals surface area contributed by atoms with E-state index in [4.69, 9.17) is 4.42 Å². The van der Waals surface area contributed by atoms with Crippen LogP contribution in [0.5, 0.6) is 0 Å². The standard InChI is InChI=1S/C22H23FN4O4S/c1-14-5-6-16(12-15(14)2)13-20-25-26-22(31-20)24-21(28)19-4-3-11-27(19)32(29,30)18-9-7-17(23)8-10-18/h5-10,12,19H,3-4,11,13H2,1-2H3,(H,24,26,28). The quantitative estimate of drug-likeness (QED) is 0.608. The van der Waals surface area contributed by atoms with Crippen molar-refractivity contribution in [3.63, 3.8) is 0 Å². The number of benzene rings is 2. The first-order valence-corrected chi connectivity index (χ1v) is 11.6. The van der Waals surface area contributed by atoms with Gasteiger partial charge in [0, 0.05) is 6.54 Å². The molecule has 32 heavy (non-hydrogen) atoms. The molecule has 0 aliphatic carbocycles. The Bertz CT molecular complexity index is 1240. The van der Waals surface area contributed by atoms with Crippen LogP contribution in [0.2, 0.25) is 0 Å². The van der Waals surface area contributed by atoms with E-state index >= 15 is 0 Å². The van der Waals surface area contributed by atoms with Crippen LogP contribution in [0.1, 0.15) is 35.4 Å². The topological polar surface area (TPSA) is 105 Å². The number of carbonyl (C=O) groups is 1. The number of hydrogen-bond donors (Lipinski definition) is 1. The Hall–Kier alpha value is -3.11. The predicted molar refractivity (Wildman–Crippen MR) is 115 cm³/mol. The van der Waals surface area contributed by atoms with Crippen LogP contribution in [0.3, 0.4) is 0 Å². The molecule has 0 radical (unpaired) electrons. The minimum absolute atomic E-state index is 0.0629. The van der Waals surface area contributed by atoms with Crippen LogP contribution in [0.15, 0.2) is 51.8 Å². The van der Waals surface area contributed by atoms with Gasteiger partial charge in [-0.2, -0.15) is 4.31 Å². The summed E-state index contributed by atoms with van der Waals surface area (Å²) in [5.74, 6) is -0.743. The molecule has 168 valence electrons. The molecule has 1 unspecified atom stereocenters. The van der Waals surface area contributed by atoms with Gasteiger partial charge in [0.05, 0.1) is 11.3 Å². The van der Waals surface area contributed by atoms with Crippen molar-refractivity contribution in [3.05, 3.63) is 70.9 Å². The van der Waals surface area contributed by atoms with Crippen LogP contribution in [0, 0.1) is 19.7 Å². The molecule has 10 heteroatoms. The monoisotopic (exact) mass is 458 g/mol. The SMILES string of the molecule is Cc1ccc(Cc2nnc(NC(=O)C3CCCN3S(=O)(=O)c3ccc(F)cc3)o2)cc1C. The first-order chi connectivity index (χ1) is 15.2. The number of hydrogen-bond acceptors (Lipinski definition) is 6. The molecule has 2 heterocycles. The second-order valence-corrected chi connectivity index (χ2v) is 9.70. The van der Waals surface area contributed by atoms with Crippen molar-refractivity contribution < 1.29 is 22.0 Å². The minimum atomic E-state index is -3.95. The van der Waals surface area contributed by atoms with Crippen molar-refractivity contribution >= 4 is 21.9 Å². The van der Waals surface area contributed by atoms with E-state index in [-0.39, 0.29) is 17.5 Å². The molecule has 1 aromatic heterocycles. The van der Waals surface area contributed by atoms with Gasteiger partial charge in [0.2, 0.25) is 21.8 Å². The highest BCUT2D eigenvalue weighted by molar-refractivity contribution is 7.89. The number of carbonyl (C=O) groups excluding carboxylic acids is 1. The number of anilines is 1. The average Bonchev–Trinajstić information content (AvgIpc) is 3.41. The second-order valence-electron chi connectivity index (χ2n) is 7.81. The van der Waals surface area contributed by atoms with Gasteiger partial charge in [-0.05, 0) is 67.6 Å². The van der Waals surface area contributed by atoms with Gasteiger partial charge in [-0.1, -0.05) is 23.3 Å². The minimum Gasteiger partial charge on any atom is -0.407 e. The smallest absolute Gasteiger partial charge is 0.322 e. The third-order valence-corrected chi connectivity index (χ3v) is 7.47. The highest BCUT2D eigenvalue weighted by atomic mass is 32.2. The van der Waals surface area contributed by atoms with Crippen molar-refractivity contribution in [1.29, 1.82) is 0 Å². The molecule has 4 rings (SSSR count). The van der Waals surface area contributed by atoms with Gasteiger partial charge >= 0.3 is 6.01 Å². The maximum atomic E-state index is 13.2. The van der Waals surface area contributed by atoms with Crippen LogP contribution in [-0.4, -0.2) is 41.4 Å². The van der Waals surface area contributed by atoms with Crippen molar-refractivity contribution in [2.45, 2.75) is 44.0 Å². The molecular weight excluding hydrogens is 435 g/mol. The molecule has 8 nitrogen and oxygen atoms in total. The molecule has 0 bridgehead atoms. The summed E-state index contributed by atoms with van der Waals surface area (Å²) < 4.78 is 45.7. The molecule has 0 saturated carbocycles. The van der Waals surface area contributed by atoms with E-state index in [9.17, 15) is 17.6 Å². The third kappa shape index (κ3) is 4.56. The number of nitrogens with one attached hydrogen (secondary N) is 1. The zero-order valence-corrected chi connectivity index (χ0v) is 18.5. The van der Waals surface area contributed by atoms with Crippen LogP contribution in [0.4, 0.5) is 10.4 Å². The Balaban J connectivity index is 1.45. The van der Waals surface area contributed by atoms with Gasteiger partial charge in [0.25, 0.3) is 0 Å². The lowest BCUT2D eigenvalue weighted by molar-refractivity contribution is -0.119. The average molecular weight is 459 g/mol. The largest absolute Gasteiger partial charge is 0.407 e. The van der Waals surface area contributed by atoms with E-state index < -0.39 is 27.8 Å². The molecule has 3 aromatic rings. The highest BCUT2D eigenvalue weighted by Crippen LogP contribution is 2.27.